The Morgan fingerprint density at radius 3 is 2.68 bits per heavy atom. The van der Waals surface area contributed by atoms with E-state index in [0.29, 0.717) is 18.8 Å². The van der Waals surface area contributed by atoms with Crippen LogP contribution >= 0.6 is 0 Å². The van der Waals surface area contributed by atoms with Crippen molar-refractivity contribution in [1.82, 2.24) is 15.1 Å². The average molecular weight is 301 g/mol. The van der Waals surface area contributed by atoms with Crippen molar-refractivity contribution in [3.05, 3.63) is 61.6 Å². The highest BCUT2D eigenvalue weighted by atomic mass is 16.5. The molecule has 0 aromatic carbocycles. The predicted molar refractivity (Wildman–Crippen MR) is 83.1 cm³/mol. The minimum absolute atomic E-state index is 0.0215. The molecule has 1 atom stereocenters. The highest BCUT2D eigenvalue weighted by Crippen LogP contribution is 2.21. The van der Waals surface area contributed by atoms with E-state index in [-0.39, 0.29) is 18.4 Å². The minimum Gasteiger partial charge on any atom is -0.450 e. The van der Waals surface area contributed by atoms with E-state index in [4.69, 9.17) is 4.74 Å². The van der Waals surface area contributed by atoms with E-state index in [1.807, 2.05) is 0 Å². The van der Waals surface area contributed by atoms with Gasteiger partial charge in [0.25, 0.3) is 6.35 Å². The monoisotopic (exact) mass is 301 g/mol. The van der Waals surface area contributed by atoms with Crippen LogP contribution in [0.15, 0.2) is 61.6 Å². The van der Waals surface area contributed by atoms with E-state index < -0.39 is 6.35 Å². The van der Waals surface area contributed by atoms with Gasteiger partial charge in [-0.2, -0.15) is 0 Å². The lowest BCUT2D eigenvalue weighted by molar-refractivity contribution is -0.153. The Morgan fingerprint density at radius 1 is 1.32 bits per heavy atom. The van der Waals surface area contributed by atoms with Crippen LogP contribution in [0.2, 0.25) is 0 Å². The Kier molecular flexibility index (Phi) is 4.83. The summed E-state index contributed by atoms with van der Waals surface area (Å²) in [6, 6.07) is 0. The smallest absolute Gasteiger partial charge is 0.253 e. The molecule has 0 aliphatic carbocycles. The molecule has 0 spiro atoms. The summed E-state index contributed by atoms with van der Waals surface area (Å²) in [5.74, 6) is 0.143. The maximum absolute atomic E-state index is 12.2. The summed E-state index contributed by atoms with van der Waals surface area (Å²) in [5, 5.41) is 3.12. The van der Waals surface area contributed by atoms with Crippen LogP contribution in [0.25, 0.3) is 0 Å². The molecule has 6 nitrogen and oxygen atoms in total. The number of nitrogens with zero attached hydrogens (tertiary/aromatic N) is 2. The first-order chi connectivity index (χ1) is 10.6. The van der Waals surface area contributed by atoms with Crippen LogP contribution in [-0.2, 0) is 14.3 Å². The summed E-state index contributed by atoms with van der Waals surface area (Å²) in [4.78, 5) is 26.8. The Balaban J connectivity index is 2.03. The van der Waals surface area contributed by atoms with Gasteiger partial charge in [0.1, 0.15) is 12.3 Å². The zero-order chi connectivity index (χ0) is 16.1. The first kappa shape index (κ1) is 15.6. The lowest BCUT2D eigenvalue weighted by atomic mass is 10.3. The van der Waals surface area contributed by atoms with Crippen LogP contribution in [-0.4, -0.2) is 47.6 Å². The molecule has 0 radical (unpaired) electrons. The van der Waals surface area contributed by atoms with Crippen molar-refractivity contribution in [2.45, 2.75) is 6.35 Å². The van der Waals surface area contributed by atoms with E-state index >= 15 is 0 Å². The van der Waals surface area contributed by atoms with Crippen molar-refractivity contribution < 1.29 is 14.3 Å². The quantitative estimate of drug-likeness (QED) is 0.605. The van der Waals surface area contributed by atoms with Crippen molar-refractivity contribution in [2.24, 2.45) is 0 Å². The van der Waals surface area contributed by atoms with Crippen LogP contribution < -0.4 is 5.32 Å². The van der Waals surface area contributed by atoms with Gasteiger partial charge in [-0.15, -0.1) is 0 Å². The second kappa shape index (κ2) is 6.80. The molecule has 2 rings (SSSR count). The fraction of sp³-hybridized carbons (Fsp3) is 0.250. The molecule has 0 aromatic rings. The van der Waals surface area contributed by atoms with Crippen molar-refractivity contribution in [3.8, 4) is 0 Å². The zero-order valence-electron chi connectivity index (χ0n) is 12.3. The van der Waals surface area contributed by atoms with Gasteiger partial charge >= 0.3 is 0 Å². The predicted octanol–water partition coefficient (Wildman–Crippen LogP) is 0.886. The Hall–Kier alpha value is -2.76. The molecule has 1 unspecified atom stereocenters. The number of nitrogens with one attached hydrogen (secondary N) is 1. The fourth-order valence-electron chi connectivity index (χ4n) is 2.26. The number of hydrogen-bond donors (Lipinski definition) is 1. The normalized spacial score (nSPS) is 21.6. The number of amides is 2. The molecule has 2 aliphatic rings. The molecule has 2 aliphatic heterocycles. The third kappa shape index (κ3) is 3.11. The maximum Gasteiger partial charge on any atom is 0.253 e. The summed E-state index contributed by atoms with van der Waals surface area (Å²) in [6.45, 7) is 11.6. The number of carbonyl (C=O) groups is 2. The van der Waals surface area contributed by atoms with Crippen LogP contribution in [0, 0.1) is 0 Å². The molecule has 1 saturated heterocycles. The van der Waals surface area contributed by atoms with Gasteiger partial charge in [-0.1, -0.05) is 31.9 Å². The first-order valence-electron chi connectivity index (χ1n) is 6.90. The van der Waals surface area contributed by atoms with Gasteiger partial charge in [0.2, 0.25) is 11.8 Å². The maximum atomic E-state index is 12.2. The second-order valence-electron chi connectivity index (χ2n) is 4.74. The standard InChI is InChI=1S/C16H19N3O3/c1-4-7-8-12-13(5-2)22-16(17-12)19-10-9-18(11-15(19)21)14(20)6-3/h4-8,16-17H,1-3,9-11H2/b8-7-. The third-order valence-electron chi connectivity index (χ3n) is 3.39. The third-order valence-corrected chi connectivity index (χ3v) is 3.39. The van der Waals surface area contributed by atoms with Gasteiger partial charge in [0, 0.05) is 13.1 Å². The van der Waals surface area contributed by atoms with Crippen molar-refractivity contribution in [2.75, 3.05) is 19.6 Å². The molecule has 22 heavy (non-hydrogen) atoms. The van der Waals surface area contributed by atoms with Gasteiger partial charge in [0.05, 0.1) is 5.70 Å². The Morgan fingerprint density at radius 2 is 2.09 bits per heavy atom. The fourth-order valence-corrected chi connectivity index (χ4v) is 2.26. The molecule has 2 amide bonds. The van der Waals surface area contributed by atoms with Crippen LogP contribution in [0.5, 0.6) is 0 Å². The van der Waals surface area contributed by atoms with Gasteiger partial charge in [-0.05, 0) is 18.2 Å². The summed E-state index contributed by atoms with van der Waals surface area (Å²) >= 11 is 0. The minimum atomic E-state index is -0.592. The lowest BCUT2D eigenvalue weighted by Crippen LogP contribution is -2.57. The van der Waals surface area contributed by atoms with Crippen LogP contribution in [0.1, 0.15) is 0 Å². The van der Waals surface area contributed by atoms with Crippen molar-refractivity contribution in [3.63, 3.8) is 0 Å². The number of piperazine rings is 1. The highest BCUT2D eigenvalue weighted by molar-refractivity contribution is 5.91. The van der Waals surface area contributed by atoms with Gasteiger partial charge in [0.15, 0.2) is 0 Å². The largest absolute Gasteiger partial charge is 0.450 e. The SMILES string of the molecule is C=C/C=C\C1=C(C=C)OC(N2CCN(C(=O)C=C)CC2=O)N1. The molecular weight excluding hydrogens is 282 g/mol. The second-order valence-corrected chi connectivity index (χ2v) is 4.74. The van der Waals surface area contributed by atoms with Crippen LogP contribution in [0.3, 0.4) is 0 Å². The van der Waals surface area contributed by atoms with E-state index in [1.54, 1.807) is 29.2 Å². The Bertz CT molecular complexity index is 577. The molecule has 6 heteroatoms. The summed E-state index contributed by atoms with van der Waals surface area (Å²) in [6.07, 6.45) is 7.41. The zero-order valence-corrected chi connectivity index (χ0v) is 12.3. The highest BCUT2D eigenvalue weighted by Gasteiger charge is 2.35. The number of carbonyl (C=O) groups excluding carboxylic acids is 2. The lowest BCUT2D eigenvalue weighted by Gasteiger charge is -2.36. The molecule has 0 bridgehead atoms. The van der Waals surface area contributed by atoms with E-state index in [2.05, 4.69) is 25.1 Å². The van der Waals surface area contributed by atoms with Crippen molar-refractivity contribution >= 4 is 11.8 Å². The molecule has 2 heterocycles. The average Bonchev–Trinajstić information content (AvgIpc) is 2.94. The Labute approximate surface area is 129 Å². The molecule has 0 saturated carbocycles. The topological polar surface area (TPSA) is 61.9 Å². The molecule has 1 N–H and O–H groups in total. The number of allylic oxidation sites excluding steroid dienone is 4. The first-order valence-corrected chi connectivity index (χ1v) is 6.90. The van der Waals surface area contributed by atoms with E-state index in [9.17, 15) is 9.59 Å². The summed E-state index contributed by atoms with van der Waals surface area (Å²) in [5.41, 5.74) is 0.734. The molecule has 1 fully saturated rings. The van der Waals surface area contributed by atoms with Crippen molar-refractivity contribution in [1.29, 1.82) is 0 Å². The number of hydrogen-bond acceptors (Lipinski definition) is 4. The molecule has 116 valence electrons. The van der Waals surface area contributed by atoms with E-state index in [0.717, 1.165) is 5.70 Å². The molecule has 0 aromatic heterocycles. The van der Waals surface area contributed by atoms with Crippen LogP contribution in [0.4, 0.5) is 0 Å². The molecular formula is C16H19N3O3. The van der Waals surface area contributed by atoms with Gasteiger partial charge in [-0.25, -0.2) is 0 Å². The summed E-state index contributed by atoms with van der Waals surface area (Å²) < 4.78 is 5.70. The number of rotatable bonds is 5. The van der Waals surface area contributed by atoms with E-state index in [1.165, 1.54) is 11.0 Å². The number of ether oxygens (including phenoxy) is 1. The van der Waals surface area contributed by atoms with Gasteiger partial charge in [-0.3, -0.25) is 14.5 Å². The van der Waals surface area contributed by atoms with Gasteiger partial charge < -0.3 is 15.0 Å². The summed E-state index contributed by atoms with van der Waals surface area (Å²) in [7, 11) is 0.